The summed E-state index contributed by atoms with van der Waals surface area (Å²) in [5, 5.41) is 20.4. The van der Waals surface area contributed by atoms with Crippen LogP contribution in [0.25, 0.3) is 0 Å². The molecule has 2 N–H and O–H groups in total. The van der Waals surface area contributed by atoms with E-state index in [1.165, 1.54) is 24.3 Å². The van der Waals surface area contributed by atoms with Crippen LogP contribution in [0.2, 0.25) is 0 Å². The molecule has 1 rings (SSSR count). The van der Waals surface area contributed by atoms with Gasteiger partial charge in [-0.3, -0.25) is 4.79 Å². The van der Waals surface area contributed by atoms with E-state index in [4.69, 9.17) is 10.4 Å². The fourth-order valence-electron chi connectivity index (χ4n) is 1.57. The average Bonchev–Trinajstić information content (AvgIpc) is 2.48. The molecule has 0 unspecified atom stereocenters. The number of hydrogen-bond donors (Lipinski definition) is 2. The van der Waals surface area contributed by atoms with E-state index in [0.717, 1.165) is 0 Å². The molecule has 0 atom stereocenters. The molecule has 0 saturated heterocycles. The van der Waals surface area contributed by atoms with Crippen LogP contribution in [0.5, 0.6) is 0 Å². The van der Waals surface area contributed by atoms with E-state index in [-0.39, 0.29) is 16.8 Å². The minimum absolute atomic E-state index is 0.134. The number of benzene rings is 1. The van der Waals surface area contributed by atoms with Gasteiger partial charge in [-0.2, -0.15) is 5.26 Å². The van der Waals surface area contributed by atoms with Gasteiger partial charge < -0.3 is 10.4 Å². The number of carboxylic acids is 1. The number of amides is 1. The molecule has 0 aliphatic heterocycles. The highest BCUT2D eigenvalue weighted by molar-refractivity contribution is 6.08. The van der Waals surface area contributed by atoms with Crippen LogP contribution in [0.15, 0.2) is 54.7 Å². The summed E-state index contributed by atoms with van der Waals surface area (Å²) in [6.45, 7) is 5.21. The Labute approximate surface area is 122 Å². The highest BCUT2D eigenvalue weighted by atomic mass is 16.4. The Morgan fingerprint density at radius 2 is 2.14 bits per heavy atom. The lowest BCUT2D eigenvalue weighted by Crippen LogP contribution is -2.16. The summed E-state index contributed by atoms with van der Waals surface area (Å²) in [7, 11) is 0. The van der Waals surface area contributed by atoms with E-state index in [1.54, 1.807) is 25.2 Å². The molecule has 0 bridgehead atoms. The molecule has 0 fully saturated rings. The standard InChI is InChI=1S/C16H14N2O3/c1-3-5-6-12(4-2)15(19)18-14-8-7-11(10-17)9-13(14)16(20)21/h3-9H,1H2,2H3,(H,18,19)(H,20,21)/b6-5-,12-4+. The van der Waals surface area contributed by atoms with Crippen LogP contribution in [0.3, 0.4) is 0 Å². The lowest BCUT2D eigenvalue weighted by molar-refractivity contribution is -0.112. The molecule has 21 heavy (non-hydrogen) atoms. The number of nitrogens with zero attached hydrogens (tertiary/aromatic N) is 1. The maximum Gasteiger partial charge on any atom is 0.337 e. The molecule has 5 nitrogen and oxygen atoms in total. The number of carboxylic acid groups (broad SMARTS) is 1. The normalized spacial score (nSPS) is 11.0. The zero-order valence-corrected chi connectivity index (χ0v) is 11.5. The van der Waals surface area contributed by atoms with Crippen molar-refractivity contribution >= 4 is 17.6 Å². The topological polar surface area (TPSA) is 90.2 Å². The van der Waals surface area contributed by atoms with Crippen molar-refractivity contribution in [2.24, 2.45) is 0 Å². The van der Waals surface area contributed by atoms with Crippen molar-refractivity contribution in [1.82, 2.24) is 0 Å². The zero-order valence-electron chi connectivity index (χ0n) is 11.5. The van der Waals surface area contributed by atoms with Crippen molar-refractivity contribution < 1.29 is 14.7 Å². The fraction of sp³-hybridized carbons (Fsp3) is 0.0625. The Morgan fingerprint density at radius 3 is 2.67 bits per heavy atom. The van der Waals surface area contributed by atoms with Gasteiger partial charge in [-0.1, -0.05) is 24.8 Å². The second-order valence-electron chi connectivity index (χ2n) is 3.97. The molecule has 106 valence electrons. The largest absolute Gasteiger partial charge is 0.478 e. The van der Waals surface area contributed by atoms with Crippen LogP contribution in [0, 0.1) is 11.3 Å². The molecule has 0 aliphatic carbocycles. The minimum atomic E-state index is -1.22. The third-order valence-electron chi connectivity index (χ3n) is 2.61. The number of allylic oxidation sites excluding steroid dienone is 3. The molecule has 1 amide bonds. The number of nitrogens with one attached hydrogen (secondary N) is 1. The van der Waals surface area contributed by atoms with E-state index in [1.807, 2.05) is 6.07 Å². The lowest BCUT2D eigenvalue weighted by Gasteiger charge is -2.09. The van der Waals surface area contributed by atoms with Crippen molar-refractivity contribution in [2.75, 3.05) is 5.32 Å². The number of aromatic carboxylic acids is 1. The Bertz CT molecular complexity index is 679. The van der Waals surface area contributed by atoms with Gasteiger partial charge in [0.25, 0.3) is 5.91 Å². The zero-order chi connectivity index (χ0) is 15.8. The highest BCUT2D eigenvalue weighted by Gasteiger charge is 2.14. The van der Waals surface area contributed by atoms with Crippen LogP contribution < -0.4 is 5.32 Å². The molecule has 1 aromatic rings. The Morgan fingerprint density at radius 1 is 1.43 bits per heavy atom. The van der Waals surface area contributed by atoms with E-state index in [2.05, 4.69) is 11.9 Å². The van der Waals surface area contributed by atoms with Crippen molar-refractivity contribution in [3.63, 3.8) is 0 Å². The van der Waals surface area contributed by atoms with Crippen LogP contribution in [-0.4, -0.2) is 17.0 Å². The van der Waals surface area contributed by atoms with E-state index >= 15 is 0 Å². The van der Waals surface area contributed by atoms with Crippen LogP contribution >= 0.6 is 0 Å². The number of carbonyl (C=O) groups excluding carboxylic acids is 1. The second kappa shape index (κ2) is 7.46. The first-order chi connectivity index (χ1) is 10.0. The predicted molar refractivity (Wildman–Crippen MR) is 79.8 cm³/mol. The van der Waals surface area contributed by atoms with Gasteiger partial charge in [0.15, 0.2) is 0 Å². The van der Waals surface area contributed by atoms with Crippen LogP contribution in [0.1, 0.15) is 22.8 Å². The quantitative estimate of drug-likeness (QED) is 0.641. The van der Waals surface area contributed by atoms with Gasteiger partial charge in [-0.05, 0) is 31.2 Å². The number of anilines is 1. The number of nitriles is 1. The summed E-state index contributed by atoms with van der Waals surface area (Å²) in [6, 6.07) is 5.90. The monoisotopic (exact) mass is 282 g/mol. The summed E-state index contributed by atoms with van der Waals surface area (Å²) < 4.78 is 0. The Kier molecular flexibility index (Phi) is 5.66. The molecular formula is C16H14N2O3. The molecule has 0 aliphatic rings. The van der Waals surface area contributed by atoms with E-state index in [9.17, 15) is 9.59 Å². The van der Waals surface area contributed by atoms with Crippen molar-refractivity contribution in [1.29, 1.82) is 5.26 Å². The molecule has 0 aromatic heterocycles. The lowest BCUT2D eigenvalue weighted by atomic mass is 10.1. The average molecular weight is 282 g/mol. The van der Waals surface area contributed by atoms with E-state index in [0.29, 0.717) is 5.57 Å². The molecule has 1 aromatic carbocycles. The summed E-state index contributed by atoms with van der Waals surface area (Å²) in [4.78, 5) is 23.2. The maximum absolute atomic E-state index is 12.1. The van der Waals surface area contributed by atoms with Crippen LogP contribution in [-0.2, 0) is 4.79 Å². The summed E-state index contributed by atoms with van der Waals surface area (Å²) in [6.07, 6.45) is 6.29. The van der Waals surface area contributed by atoms with Gasteiger partial charge in [-0.25, -0.2) is 4.79 Å². The van der Waals surface area contributed by atoms with Gasteiger partial charge in [0.1, 0.15) is 0 Å². The third kappa shape index (κ3) is 4.18. The van der Waals surface area contributed by atoms with Gasteiger partial charge in [0.05, 0.1) is 22.9 Å². The fourth-order valence-corrected chi connectivity index (χ4v) is 1.57. The molecule has 0 spiro atoms. The minimum Gasteiger partial charge on any atom is -0.478 e. The predicted octanol–water partition coefficient (Wildman–Crippen LogP) is 2.88. The number of carbonyl (C=O) groups is 2. The Hall–Kier alpha value is -3.13. The smallest absolute Gasteiger partial charge is 0.337 e. The molecule has 5 heteroatoms. The number of hydrogen-bond acceptors (Lipinski definition) is 3. The number of rotatable bonds is 5. The Balaban J connectivity index is 3.10. The second-order valence-corrected chi connectivity index (χ2v) is 3.97. The first-order valence-electron chi connectivity index (χ1n) is 6.07. The summed E-state index contributed by atoms with van der Waals surface area (Å²) in [5.41, 5.74) is 0.585. The molecule has 0 saturated carbocycles. The SMILES string of the molecule is C=C/C=C\C(=C/C)C(=O)Nc1ccc(C#N)cc1C(=O)O. The first-order valence-corrected chi connectivity index (χ1v) is 6.07. The molecule has 0 radical (unpaired) electrons. The van der Waals surface area contributed by atoms with Crippen molar-refractivity contribution in [2.45, 2.75) is 6.92 Å². The maximum atomic E-state index is 12.1. The summed E-state index contributed by atoms with van der Waals surface area (Å²) >= 11 is 0. The van der Waals surface area contributed by atoms with E-state index < -0.39 is 11.9 Å². The van der Waals surface area contributed by atoms with Crippen molar-refractivity contribution in [3.05, 3.63) is 65.8 Å². The van der Waals surface area contributed by atoms with Gasteiger partial charge in [-0.15, -0.1) is 0 Å². The van der Waals surface area contributed by atoms with Crippen LogP contribution in [0.4, 0.5) is 5.69 Å². The molecule has 0 heterocycles. The third-order valence-corrected chi connectivity index (χ3v) is 2.61. The highest BCUT2D eigenvalue weighted by Crippen LogP contribution is 2.18. The van der Waals surface area contributed by atoms with Crippen molar-refractivity contribution in [3.8, 4) is 6.07 Å². The molecular weight excluding hydrogens is 268 g/mol. The first kappa shape index (κ1) is 15.9. The van der Waals surface area contributed by atoms with Gasteiger partial charge in [0, 0.05) is 5.57 Å². The van der Waals surface area contributed by atoms with Gasteiger partial charge >= 0.3 is 5.97 Å². The van der Waals surface area contributed by atoms with Gasteiger partial charge in [0.2, 0.25) is 0 Å². The summed E-state index contributed by atoms with van der Waals surface area (Å²) in [5.74, 6) is -1.66.